The number of aliphatic imine (C=N–C) groups is 1. The zero-order valence-electron chi connectivity index (χ0n) is 11.8. The Morgan fingerprint density at radius 2 is 2.26 bits per heavy atom. The number of thioether (sulfide) groups is 1. The van der Waals surface area contributed by atoms with Gasteiger partial charge in [-0.3, -0.25) is 9.79 Å². The second-order valence-electron chi connectivity index (χ2n) is 5.26. The number of hydrogen-bond acceptors (Lipinski definition) is 4. The van der Waals surface area contributed by atoms with E-state index in [-0.39, 0.29) is 11.4 Å². The molecule has 19 heavy (non-hydrogen) atoms. The van der Waals surface area contributed by atoms with Crippen LogP contribution in [-0.2, 0) is 9.53 Å². The van der Waals surface area contributed by atoms with Gasteiger partial charge in [0.25, 0.3) is 0 Å². The van der Waals surface area contributed by atoms with Crippen molar-refractivity contribution in [1.82, 2.24) is 10.2 Å². The highest BCUT2D eigenvalue weighted by molar-refractivity contribution is 8.14. The highest BCUT2D eigenvalue weighted by Crippen LogP contribution is 2.25. The molecule has 0 radical (unpaired) electrons. The van der Waals surface area contributed by atoms with Crippen LogP contribution >= 0.6 is 11.8 Å². The first-order valence-electron chi connectivity index (χ1n) is 6.94. The van der Waals surface area contributed by atoms with Crippen molar-refractivity contribution in [3.05, 3.63) is 0 Å². The van der Waals surface area contributed by atoms with Crippen molar-refractivity contribution in [3.8, 4) is 0 Å². The van der Waals surface area contributed by atoms with Gasteiger partial charge in [0, 0.05) is 30.8 Å². The Hall–Kier alpha value is -0.750. The molecule has 0 bridgehead atoms. The van der Waals surface area contributed by atoms with E-state index in [0.717, 1.165) is 30.4 Å². The zero-order chi connectivity index (χ0) is 13.7. The minimum Gasteiger partial charge on any atom is -0.378 e. The maximum Gasteiger partial charge on any atom is 0.224 e. The first-order chi connectivity index (χ1) is 9.13. The van der Waals surface area contributed by atoms with Crippen LogP contribution in [0, 0.1) is 0 Å². The first kappa shape index (κ1) is 14.7. The van der Waals surface area contributed by atoms with Crippen LogP contribution in [0.3, 0.4) is 0 Å². The van der Waals surface area contributed by atoms with Crippen LogP contribution < -0.4 is 5.32 Å². The molecule has 2 heterocycles. The normalized spacial score (nSPS) is 29.6. The van der Waals surface area contributed by atoms with Gasteiger partial charge in [-0.05, 0) is 13.3 Å². The fraction of sp³-hybridized carbons (Fsp3) is 0.846. The Labute approximate surface area is 119 Å². The Balaban J connectivity index is 1.72. The highest BCUT2D eigenvalue weighted by atomic mass is 32.2. The topological polar surface area (TPSA) is 53.9 Å². The first-order valence-corrected chi connectivity index (χ1v) is 7.92. The molecule has 2 fully saturated rings. The van der Waals surface area contributed by atoms with Gasteiger partial charge in [0.2, 0.25) is 5.91 Å². The van der Waals surface area contributed by atoms with E-state index in [9.17, 15) is 4.79 Å². The van der Waals surface area contributed by atoms with E-state index in [1.807, 2.05) is 4.90 Å². The number of nitrogens with zero attached hydrogens (tertiary/aromatic N) is 2. The average Bonchev–Trinajstić information content (AvgIpc) is 2.82. The van der Waals surface area contributed by atoms with E-state index in [2.05, 4.69) is 24.2 Å². The van der Waals surface area contributed by atoms with Gasteiger partial charge in [-0.2, -0.15) is 0 Å². The number of carbonyl (C=O) groups is 1. The maximum atomic E-state index is 11.9. The molecule has 0 aromatic rings. The van der Waals surface area contributed by atoms with Crippen molar-refractivity contribution in [2.45, 2.75) is 32.2 Å². The summed E-state index contributed by atoms with van der Waals surface area (Å²) in [6, 6.07) is 0. The summed E-state index contributed by atoms with van der Waals surface area (Å²) >= 11 is 1.76. The predicted molar refractivity (Wildman–Crippen MR) is 78.6 cm³/mol. The molecule has 2 aliphatic rings. The van der Waals surface area contributed by atoms with Crippen LogP contribution in [-0.4, -0.2) is 60.1 Å². The van der Waals surface area contributed by atoms with Crippen molar-refractivity contribution >= 4 is 22.8 Å². The standard InChI is InChI=1S/C13H23N3O2S/c1-3-13(2)10-19-12(15-13)14-5-4-11(17)16-6-8-18-9-7-16/h3-10H2,1-2H3,(H,14,15). The zero-order valence-corrected chi connectivity index (χ0v) is 12.6. The van der Waals surface area contributed by atoms with E-state index >= 15 is 0 Å². The summed E-state index contributed by atoms with van der Waals surface area (Å²) in [6.07, 6.45) is 1.58. The summed E-state index contributed by atoms with van der Waals surface area (Å²) in [5.74, 6) is 1.24. The molecule has 108 valence electrons. The number of ether oxygens (including phenoxy) is 1. The number of nitrogens with one attached hydrogen (secondary N) is 1. The third kappa shape index (κ3) is 4.11. The Morgan fingerprint density at radius 3 is 2.89 bits per heavy atom. The number of rotatable bonds is 4. The van der Waals surface area contributed by atoms with Crippen molar-refractivity contribution < 1.29 is 9.53 Å². The molecule has 2 aliphatic heterocycles. The molecule has 0 aromatic carbocycles. The fourth-order valence-corrected chi connectivity index (χ4v) is 3.29. The van der Waals surface area contributed by atoms with Gasteiger partial charge in [-0.15, -0.1) is 0 Å². The fourth-order valence-electron chi connectivity index (χ4n) is 2.06. The summed E-state index contributed by atoms with van der Waals surface area (Å²) in [7, 11) is 0. The minimum absolute atomic E-state index is 0.164. The predicted octanol–water partition coefficient (Wildman–Crippen LogP) is 1.10. The van der Waals surface area contributed by atoms with Crippen LogP contribution in [0.1, 0.15) is 26.7 Å². The summed E-state index contributed by atoms with van der Waals surface area (Å²) in [5.41, 5.74) is 0.164. The third-order valence-corrected chi connectivity index (χ3v) is 4.95. The van der Waals surface area contributed by atoms with Crippen LogP contribution in [0.5, 0.6) is 0 Å². The largest absolute Gasteiger partial charge is 0.378 e. The van der Waals surface area contributed by atoms with E-state index in [1.54, 1.807) is 11.8 Å². The van der Waals surface area contributed by atoms with Crippen molar-refractivity contribution in [3.63, 3.8) is 0 Å². The van der Waals surface area contributed by atoms with Crippen molar-refractivity contribution in [1.29, 1.82) is 0 Å². The maximum absolute atomic E-state index is 11.9. The molecule has 5 nitrogen and oxygen atoms in total. The molecule has 1 unspecified atom stereocenters. The molecule has 1 atom stereocenters. The van der Waals surface area contributed by atoms with Crippen LogP contribution in [0.15, 0.2) is 4.99 Å². The number of carbonyl (C=O) groups excluding carboxylic acids is 1. The molecule has 0 saturated carbocycles. The number of amidine groups is 1. The molecular formula is C13H23N3O2S. The lowest BCUT2D eigenvalue weighted by Gasteiger charge is -2.26. The molecule has 2 rings (SSSR count). The summed E-state index contributed by atoms with van der Waals surface area (Å²) in [4.78, 5) is 18.3. The Bertz CT molecular complexity index is 356. The lowest BCUT2D eigenvalue weighted by atomic mass is 10.0. The third-order valence-electron chi connectivity index (χ3n) is 3.66. The summed E-state index contributed by atoms with van der Waals surface area (Å²) in [5, 5.41) is 4.42. The van der Waals surface area contributed by atoms with E-state index < -0.39 is 0 Å². The molecular weight excluding hydrogens is 262 g/mol. The average molecular weight is 285 g/mol. The van der Waals surface area contributed by atoms with Gasteiger partial charge in [-0.1, -0.05) is 18.7 Å². The molecule has 0 aliphatic carbocycles. The lowest BCUT2D eigenvalue weighted by molar-refractivity contribution is -0.135. The smallest absolute Gasteiger partial charge is 0.224 e. The van der Waals surface area contributed by atoms with Gasteiger partial charge >= 0.3 is 0 Å². The van der Waals surface area contributed by atoms with Gasteiger partial charge < -0.3 is 15.0 Å². The number of amides is 1. The van der Waals surface area contributed by atoms with Gasteiger partial charge in [0.05, 0.1) is 19.8 Å². The number of morpholine rings is 1. The second kappa shape index (κ2) is 6.61. The van der Waals surface area contributed by atoms with Crippen LogP contribution in [0.25, 0.3) is 0 Å². The molecule has 0 spiro atoms. The van der Waals surface area contributed by atoms with E-state index in [0.29, 0.717) is 26.2 Å². The van der Waals surface area contributed by atoms with E-state index in [4.69, 9.17) is 4.74 Å². The summed E-state index contributed by atoms with van der Waals surface area (Å²) in [6.45, 7) is 7.72. The minimum atomic E-state index is 0.164. The molecule has 0 aromatic heterocycles. The second-order valence-corrected chi connectivity index (χ2v) is 6.22. The van der Waals surface area contributed by atoms with E-state index in [1.165, 1.54) is 0 Å². The molecule has 2 saturated heterocycles. The van der Waals surface area contributed by atoms with Gasteiger partial charge in [0.1, 0.15) is 0 Å². The molecule has 6 heteroatoms. The number of hydrogen-bond donors (Lipinski definition) is 1. The van der Waals surface area contributed by atoms with Gasteiger partial charge in [-0.25, -0.2) is 0 Å². The molecule has 1 amide bonds. The monoisotopic (exact) mass is 285 g/mol. The Kier molecular flexibility index (Phi) is 5.10. The molecule has 1 N–H and O–H groups in total. The highest BCUT2D eigenvalue weighted by Gasteiger charge is 2.30. The Morgan fingerprint density at radius 1 is 1.53 bits per heavy atom. The lowest BCUT2D eigenvalue weighted by Crippen LogP contribution is -2.41. The SMILES string of the molecule is CCC1(C)CSC(=NCCC(=O)N2CCOCC2)N1. The summed E-state index contributed by atoms with van der Waals surface area (Å²) < 4.78 is 5.24. The quantitative estimate of drug-likeness (QED) is 0.840. The van der Waals surface area contributed by atoms with Crippen molar-refractivity contribution in [2.24, 2.45) is 4.99 Å². The van der Waals surface area contributed by atoms with Crippen LogP contribution in [0.4, 0.5) is 0 Å². The van der Waals surface area contributed by atoms with Crippen LogP contribution in [0.2, 0.25) is 0 Å². The van der Waals surface area contributed by atoms with Gasteiger partial charge in [0.15, 0.2) is 5.17 Å². The van der Waals surface area contributed by atoms with Crippen molar-refractivity contribution in [2.75, 3.05) is 38.6 Å².